The molecule has 3 rings (SSSR count). The third-order valence-electron chi connectivity index (χ3n) is 4.68. The summed E-state index contributed by atoms with van der Waals surface area (Å²) >= 11 is 0. The van der Waals surface area contributed by atoms with Crippen molar-refractivity contribution in [3.8, 4) is 0 Å². The maximum atomic E-state index is 12.7. The van der Waals surface area contributed by atoms with E-state index in [1.54, 1.807) is 0 Å². The monoisotopic (exact) mass is 252 g/mol. The van der Waals surface area contributed by atoms with Gasteiger partial charge in [0.2, 0.25) is 5.91 Å². The zero-order valence-electron chi connectivity index (χ0n) is 11.2. The first-order chi connectivity index (χ1) is 8.75. The van der Waals surface area contributed by atoms with E-state index in [0.717, 1.165) is 45.5 Å². The summed E-state index contributed by atoms with van der Waals surface area (Å²) in [7, 11) is 0. The second-order valence-corrected chi connectivity index (χ2v) is 6.14. The minimum absolute atomic E-state index is 0.188. The third kappa shape index (κ3) is 2.28. The fourth-order valence-electron chi connectivity index (χ4n) is 3.78. The summed E-state index contributed by atoms with van der Waals surface area (Å²) in [5, 5.41) is 3.39. The van der Waals surface area contributed by atoms with Crippen LogP contribution in [0, 0.1) is 11.8 Å². The Morgan fingerprint density at radius 1 is 1.33 bits per heavy atom. The molecule has 1 N–H and O–H groups in total. The highest BCUT2D eigenvalue weighted by atomic mass is 16.5. The Balaban J connectivity index is 1.67. The molecule has 2 saturated heterocycles. The van der Waals surface area contributed by atoms with Crippen molar-refractivity contribution in [3.05, 3.63) is 0 Å². The number of fused-ring (bicyclic) bond motifs is 1. The highest BCUT2D eigenvalue weighted by molar-refractivity contribution is 5.79. The quantitative estimate of drug-likeness (QED) is 0.757. The lowest BCUT2D eigenvalue weighted by Crippen LogP contribution is -2.55. The van der Waals surface area contributed by atoms with Gasteiger partial charge in [-0.05, 0) is 38.1 Å². The molecule has 2 heterocycles. The molecule has 4 unspecified atom stereocenters. The Labute approximate surface area is 109 Å². The molecule has 1 amide bonds. The van der Waals surface area contributed by atoms with Crippen molar-refractivity contribution in [2.75, 3.05) is 26.2 Å². The average Bonchev–Trinajstić information content (AvgIpc) is 2.86. The molecule has 3 fully saturated rings. The number of nitrogens with zero attached hydrogens (tertiary/aromatic N) is 1. The van der Waals surface area contributed by atoms with Crippen LogP contribution < -0.4 is 5.32 Å². The molecule has 0 spiro atoms. The van der Waals surface area contributed by atoms with Gasteiger partial charge in [0.25, 0.3) is 0 Å². The van der Waals surface area contributed by atoms with Gasteiger partial charge in [0, 0.05) is 13.1 Å². The van der Waals surface area contributed by atoms with Crippen LogP contribution in [0.4, 0.5) is 0 Å². The fourth-order valence-corrected chi connectivity index (χ4v) is 3.78. The molecule has 1 saturated carbocycles. The van der Waals surface area contributed by atoms with Crippen molar-refractivity contribution in [2.45, 2.75) is 44.8 Å². The van der Waals surface area contributed by atoms with Gasteiger partial charge in [0.05, 0.1) is 24.7 Å². The van der Waals surface area contributed by atoms with Crippen molar-refractivity contribution in [1.29, 1.82) is 0 Å². The Kier molecular flexibility index (Phi) is 3.57. The molecule has 2 aliphatic heterocycles. The van der Waals surface area contributed by atoms with Crippen LogP contribution in [0.15, 0.2) is 0 Å². The van der Waals surface area contributed by atoms with E-state index in [9.17, 15) is 4.79 Å². The minimum Gasteiger partial charge on any atom is -0.374 e. The number of nitrogens with one attached hydrogen (secondary N) is 1. The van der Waals surface area contributed by atoms with E-state index in [0.29, 0.717) is 24.0 Å². The predicted molar refractivity (Wildman–Crippen MR) is 69.2 cm³/mol. The highest BCUT2D eigenvalue weighted by Gasteiger charge is 2.40. The highest BCUT2D eigenvalue weighted by Crippen LogP contribution is 2.31. The van der Waals surface area contributed by atoms with Crippen LogP contribution in [-0.4, -0.2) is 49.2 Å². The summed E-state index contributed by atoms with van der Waals surface area (Å²) in [4.78, 5) is 14.8. The first-order valence-corrected chi connectivity index (χ1v) is 7.38. The van der Waals surface area contributed by atoms with Crippen LogP contribution in [0.2, 0.25) is 0 Å². The number of carbonyl (C=O) groups excluding carboxylic acids is 1. The van der Waals surface area contributed by atoms with Crippen LogP contribution in [0.3, 0.4) is 0 Å². The van der Waals surface area contributed by atoms with Crippen LogP contribution in [0.25, 0.3) is 0 Å². The Hall–Kier alpha value is -0.610. The molecule has 3 aliphatic rings. The standard InChI is InChI=1S/C14H24N2O2/c1-10-7-11(9-15-8-10)14(17)16-5-6-18-13-4-2-3-12(13)16/h10-13,15H,2-9H2,1H3. The van der Waals surface area contributed by atoms with Gasteiger partial charge in [-0.3, -0.25) is 4.79 Å². The van der Waals surface area contributed by atoms with Crippen molar-refractivity contribution < 1.29 is 9.53 Å². The zero-order chi connectivity index (χ0) is 12.5. The van der Waals surface area contributed by atoms with Gasteiger partial charge in [-0.1, -0.05) is 6.92 Å². The number of carbonyl (C=O) groups is 1. The van der Waals surface area contributed by atoms with E-state index in [-0.39, 0.29) is 5.92 Å². The van der Waals surface area contributed by atoms with Gasteiger partial charge < -0.3 is 15.0 Å². The minimum atomic E-state index is 0.188. The number of amides is 1. The first kappa shape index (κ1) is 12.4. The van der Waals surface area contributed by atoms with E-state index in [1.807, 2.05) is 0 Å². The molecule has 18 heavy (non-hydrogen) atoms. The molecule has 4 atom stereocenters. The van der Waals surface area contributed by atoms with Crippen molar-refractivity contribution >= 4 is 5.91 Å². The van der Waals surface area contributed by atoms with Crippen LogP contribution >= 0.6 is 0 Å². The van der Waals surface area contributed by atoms with Crippen molar-refractivity contribution in [2.24, 2.45) is 11.8 Å². The molecule has 0 bridgehead atoms. The smallest absolute Gasteiger partial charge is 0.227 e. The van der Waals surface area contributed by atoms with Gasteiger partial charge in [-0.15, -0.1) is 0 Å². The van der Waals surface area contributed by atoms with E-state index in [4.69, 9.17) is 4.74 Å². The van der Waals surface area contributed by atoms with Gasteiger partial charge in [-0.25, -0.2) is 0 Å². The van der Waals surface area contributed by atoms with Crippen molar-refractivity contribution in [1.82, 2.24) is 10.2 Å². The molecule has 4 nitrogen and oxygen atoms in total. The summed E-state index contributed by atoms with van der Waals surface area (Å²) in [5.74, 6) is 1.18. The second kappa shape index (κ2) is 5.17. The average molecular weight is 252 g/mol. The number of rotatable bonds is 1. The largest absolute Gasteiger partial charge is 0.374 e. The lowest BCUT2D eigenvalue weighted by atomic mass is 9.90. The van der Waals surface area contributed by atoms with Gasteiger partial charge >= 0.3 is 0 Å². The molecule has 0 aromatic carbocycles. The molecule has 4 heteroatoms. The van der Waals surface area contributed by atoms with E-state index in [2.05, 4.69) is 17.1 Å². The summed E-state index contributed by atoms with van der Waals surface area (Å²) in [5.41, 5.74) is 0. The molecule has 0 radical (unpaired) electrons. The molecule has 0 aromatic rings. The summed E-state index contributed by atoms with van der Waals surface area (Å²) in [6.45, 7) is 5.66. The van der Waals surface area contributed by atoms with Crippen LogP contribution in [0.5, 0.6) is 0 Å². The number of hydrogen-bond acceptors (Lipinski definition) is 3. The summed E-state index contributed by atoms with van der Waals surface area (Å²) in [6.07, 6.45) is 4.83. The Morgan fingerprint density at radius 2 is 2.22 bits per heavy atom. The normalized spacial score (nSPS) is 40.6. The van der Waals surface area contributed by atoms with Gasteiger partial charge in [0.15, 0.2) is 0 Å². The van der Waals surface area contributed by atoms with Crippen LogP contribution in [-0.2, 0) is 9.53 Å². The number of piperidine rings is 1. The number of hydrogen-bond donors (Lipinski definition) is 1. The van der Waals surface area contributed by atoms with Crippen LogP contribution in [0.1, 0.15) is 32.6 Å². The maximum Gasteiger partial charge on any atom is 0.227 e. The Bertz CT molecular complexity index is 321. The fraction of sp³-hybridized carbons (Fsp3) is 0.929. The van der Waals surface area contributed by atoms with Gasteiger partial charge in [-0.2, -0.15) is 0 Å². The third-order valence-corrected chi connectivity index (χ3v) is 4.68. The summed E-state index contributed by atoms with van der Waals surface area (Å²) in [6, 6.07) is 0.364. The Morgan fingerprint density at radius 3 is 3.06 bits per heavy atom. The second-order valence-electron chi connectivity index (χ2n) is 6.14. The molecule has 1 aliphatic carbocycles. The van der Waals surface area contributed by atoms with E-state index >= 15 is 0 Å². The molecule has 102 valence electrons. The zero-order valence-corrected chi connectivity index (χ0v) is 11.2. The lowest BCUT2D eigenvalue weighted by molar-refractivity contribution is -0.149. The molecule has 0 aromatic heterocycles. The summed E-state index contributed by atoms with van der Waals surface area (Å²) < 4.78 is 5.78. The van der Waals surface area contributed by atoms with Gasteiger partial charge in [0.1, 0.15) is 0 Å². The number of ether oxygens (including phenoxy) is 1. The lowest BCUT2D eigenvalue weighted by Gasteiger charge is -2.40. The molecular weight excluding hydrogens is 228 g/mol. The van der Waals surface area contributed by atoms with E-state index < -0.39 is 0 Å². The topological polar surface area (TPSA) is 41.6 Å². The van der Waals surface area contributed by atoms with Crippen molar-refractivity contribution in [3.63, 3.8) is 0 Å². The maximum absolute atomic E-state index is 12.7. The molecular formula is C14H24N2O2. The number of morpholine rings is 1. The first-order valence-electron chi connectivity index (χ1n) is 7.38. The predicted octanol–water partition coefficient (Wildman–Crippen LogP) is 1.01. The van der Waals surface area contributed by atoms with E-state index in [1.165, 1.54) is 6.42 Å². The SMILES string of the molecule is CC1CNCC(C(=O)N2CCOC3CCCC32)C1.